The number of carboxylic acids is 1. The van der Waals surface area contributed by atoms with Gasteiger partial charge in [-0.3, -0.25) is 14.9 Å². The van der Waals surface area contributed by atoms with E-state index in [1.165, 1.54) is 6.07 Å². The van der Waals surface area contributed by atoms with E-state index in [9.17, 15) is 19.5 Å². The Labute approximate surface area is 116 Å². The quantitative estimate of drug-likeness (QED) is 0.802. The molecule has 1 aliphatic rings. The summed E-state index contributed by atoms with van der Waals surface area (Å²) in [5.41, 5.74) is 1.38. The molecule has 1 aromatic rings. The minimum absolute atomic E-state index is 0.0199. The highest BCUT2D eigenvalue weighted by Crippen LogP contribution is 2.26. The van der Waals surface area contributed by atoms with Gasteiger partial charge in [-0.1, -0.05) is 13.0 Å². The summed E-state index contributed by atoms with van der Waals surface area (Å²) in [6.07, 6.45) is 0.492. The molecule has 1 fully saturated rings. The number of rotatable bonds is 3. The number of carbonyl (C=O) groups is 3. The number of anilines is 1. The van der Waals surface area contributed by atoms with Crippen molar-refractivity contribution < 1.29 is 19.5 Å². The zero-order valence-corrected chi connectivity index (χ0v) is 11.3. The van der Waals surface area contributed by atoms with Gasteiger partial charge in [0.1, 0.15) is 6.04 Å². The van der Waals surface area contributed by atoms with Crippen LogP contribution in [0.2, 0.25) is 0 Å². The molecule has 20 heavy (non-hydrogen) atoms. The summed E-state index contributed by atoms with van der Waals surface area (Å²) >= 11 is 0. The van der Waals surface area contributed by atoms with E-state index < -0.39 is 17.9 Å². The molecule has 0 bridgehead atoms. The van der Waals surface area contributed by atoms with Crippen molar-refractivity contribution in [1.82, 2.24) is 5.32 Å². The number of hydrogen-bond acceptors (Lipinski definition) is 4. The van der Waals surface area contributed by atoms with Crippen molar-refractivity contribution in [3.63, 3.8) is 0 Å². The second-order valence-corrected chi connectivity index (χ2v) is 4.79. The number of benzene rings is 1. The van der Waals surface area contributed by atoms with Crippen molar-refractivity contribution in [2.24, 2.45) is 0 Å². The van der Waals surface area contributed by atoms with Gasteiger partial charge in [0.05, 0.1) is 17.8 Å². The summed E-state index contributed by atoms with van der Waals surface area (Å²) in [5.74, 6) is -1.88. The molecule has 1 heterocycles. The molecule has 0 saturated carbocycles. The predicted octanol–water partition coefficient (Wildman–Crippen LogP) is 0.935. The van der Waals surface area contributed by atoms with Crippen LogP contribution in [-0.2, 0) is 9.59 Å². The number of carbonyl (C=O) groups excluding carboxylic acids is 2. The third-order valence-corrected chi connectivity index (χ3v) is 3.34. The van der Waals surface area contributed by atoms with Gasteiger partial charge in [0.2, 0.25) is 11.8 Å². The van der Waals surface area contributed by atoms with Crippen LogP contribution < -0.4 is 10.2 Å². The van der Waals surface area contributed by atoms with Crippen LogP contribution >= 0.6 is 0 Å². The number of aryl methyl sites for hydroxylation is 1. The maximum absolute atomic E-state index is 11.9. The van der Waals surface area contributed by atoms with E-state index in [0.717, 1.165) is 5.56 Å². The number of nitrogens with one attached hydrogen (secondary N) is 1. The zero-order valence-electron chi connectivity index (χ0n) is 11.3. The van der Waals surface area contributed by atoms with E-state index in [1.54, 1.807) is 17.0 Å². The molecule has 0 radical (unpaired) electrons. The first-order valence-corrected chi connectivity index (χ1v) is 6.38. The summed E-state index contributed by atoms with van der Waals surface area (Å²) in [4.78, 5) is 36.3. The van der Waals surface area contributed by atoms with Crippen LogP contribution in [0.1, 0.15) is 29.3 Å². The largest absolute Gasteiger partial charge is 0.478 e. The van der Waals surface area contributed by atoms with Crippen molar-refractivity contribution >= 4 is 23.5 Å². The fourth-order valence-corrected chi connectivity index (χ4v) is 2.39. The molecule has 106 valence electrons. The monoisotopic (exact) mass is 276 g/mol. The second kappa shape index (κ2) is 5.32. The Morgan fingerprint density at radius 2 is 2.15 bits per heavy atom. The lowest BCUT2D eigenvalue weighted by Crippen LogP contribution is -2.58. The zero-order chi connectivity index (χ0) is 14.9. The van der Waals surface area contributed by atoms with Gasteiger partial charge in [-0.2, -0.15) is 0 Å². The van der Waals surface area contributed by atoms with Gasteiger partial charge < -0.3 is 10.0 Å². The van der Waals surface area contributed by atoms with Crippen LogP contribution in [0, 0.1) is 6.92 Å². The van der Waals surface area contributed by atoms with Crippen molar-refractivity contribution in [2.75, 3.05) is 11.4 Å². The van der Waals surface area contributed by atoms with Gasteiger partial charge >= 0.3 is 5.97 Å². The predicted molar refractivity (Wildman–Crippen MR) is 72.7 cm³/mol. The molecule has 2 rings (SSSR count). The normalized spacial score (nSPS) is 18.9. The van der Waals surface area contributed by atoms with Crippen molar-refractivity contribution in [3.05, 3.63) is 29.3 Å². The van der Waals surface area contributed by atoms with Crippen molar-refractivity contribution in [2.45, 2.75) is 26.3 Å². The summed E-state index contributed by atoms with van der Waals surface area (Å²) in [6, 6.07) is 4.35. The summed E-state index contributed by atoms with van der Waals surface area (Å²) in [5, 5.41) is 11.5. The van der Waals surface area contributed by atoms with Gasteiger partial charge in [-0.15, -0.1) is 0 Å². The highest BCUT2D eigenvalue weighted by atomic mass is 16.4. The molecule has 6 heteroatoms. The van der Waals surface area contributed by atoms with E-state index in [4.69, 9.17) is 0 Å². The summed E-state index contributed by atoms with van der Waals surface area (Å²) < 4.78 is 0. The first kappa shape index (κ1) is 14.0. The van der Waals surface area contributed by atoms with Crippen LogP contribution in [0.5, 0.6) is 0 Å². The first-order chi connectivity index (χ1) is 9.43. The molecule has 1 aromatic carbocycles. The van der Waals surface area contributed by atoms with E-state index >= 15 is 0 Å². The average Bonchev–Trinajstić information content (AvgIpc) is 2.37. The Hall–Kier alpha value is -2.37. The Kier molecular flexibility index (Phi) is 3.74. The molecule has 1 aliphatic heterocycles. The van der Waals surface area contributed by atoms with Gasteiger partial charge in [0.25, 0.3) is 0 Å². The lowest BCUT2D eigenvalue weighted by molar-refractivity contribution is -0.132. The number of imide groups is 1. The maximum atomic E-state index is 11.9. The fourth-order valence-electron chi connectivity index (χ4n) is 2.39. The Bertz CT molecular complexity index is 583. The molecular weight excluding hydrogens is 260 g/mol. The number of amides is 2. The number of hydrogen-bond donors (Lipinski definition) is 2. The molecular formula is C14H16N2O4. The minimum atomic E-state index is -1.08. The number of nitrogens with zero attached hydrogens (tertiary/aromatic N) is 1. The van der Waals surface area contributed by atoms with Crippen LogP contribution in [-0.4, -0.2) is 35.5 Å². The number of aromatic carboxylic acids is 1. The summed E-state index contributed by atoms with van der Waals surface area (Å²) in [7, 11) is 0. The Morgan fingerprint density at radius 1 is 1.45 bits per heavy atom. The smallest absolute Gasteiger partial charge is 0.337 e. The minimum Gasteiger partial charge on any atom is -0.478 e. The number of piperazine rings is 1. The second-order valence-electron chi connectivity index (χ2n) is 4.79. The molecule has 2 N–H and O–H groups in total. The average molecular weight is 276 g/mol. The summed E-state index contributed by atoms with van der Waals surface area (Å²) in [6.45, 7) is 3.64. The molecule has 1 atom stereocenters. The van der Waals surface area contributed by atoms with Gasteiger partial charge in [0, 0.05) is 0 Å². The van der Waals surface area contributed by atoms with E-state index in [-0.39, 0.29) is 18.0 Å². The first-order valence-electron chi connectivity index (χ1n) is 6.38. The van der Waals surface area contributed by atoms with Crippen LogP contribution in [0.4, 0.5) is 5.69 Å². The molecule has 0 aromatic heterocycles. The van der Waals surface area contributed by atoms with Gasteiger partial charge in [-0.05, 0) is 31.0 Å². The van der Waals surface area contributed by atoms with Gasteiger partial charge in [0.15, 0.2) is 0 Å². The highest BCUT2D eigenvalue weighted by Gasteiger charge is 2.34. The van der Waals surface area contributed by atoms with E-state index in [2.05, 4.69) is 5.32 Å². The lowest BCUT2D eigenvalue weighted by Gasteiger charge is -2.36. The van der Waals surface area contributed by atoms with Gasteiger partial charge in [-0.25, -0.2) is 4.79 Å². The van der Waals surface area contributed by atoms with E-state index in [0.29, 0.717) is 12.1 Å². The molecule has 0 aliphatic carbocycles. The SMILES string of the molecule is CCC1C(=O)NC(=O)CN1c1cc(C)ccc1C(=O)O. The van der Waals surface area contributed by atoms with E-state index in [1.807, 2.05) is 13.8 Å². The van der Waals surface area contributed by atoms with Crippen molar-refractivity contribution in [1.29, 1.82) is 0 Å². The molecule has 6 nitrogen and oxygen atoms in total. The fraction of sp³-hybridized carbons (Fsp3) is 0.357. The molecule has 0 spiro atoms. The third-order valence-electron chi connectivity index (χ3n) is 3.34. The highest BCUT2D eigenvalue weighted by molar-refractivity contribution is 6.06. The topological polar surface area (TPSA) is 86.7 Å². The standard InChI is InChI=1S/C14H16N2O4/c1-3-10-13(18)15-12(17)7-16(10)11-6-8(2)4-5-9(11)14(19)20/h4-6,10H,3,7H2,1-2H3,(H,19,20)(H,15,17,18). The molecule has 2 amide bonds. The Morgan fingerprint density at radius 3 is 2.75 bits per heavy atom. The molecule has 1 unspecified atom stereocenters. The Balaban J connectivity index is 2.52. The maximum Gasteiger partial charge on any atom is 0.337 e. The van der Waals surface area contributed by atoms with Crippen LogP contribution in [0.25, 0.3) is 0 Å². The van der Waals surface area contributed by atoms with Crippen LogP contribution in [0.3, 0.4) is 0 Å². The number of carboxylic acid groups (broad SMARTS) is 1. The van der Waals surface area contributed by atoms with Crippen LogP contribution in [0.15, 0.2) is 18.2 Å². The lowest BCUT2D eigenvalue weighted by atomic mass is 10.0. The van der Waals surface area contributed by atoms with Crippen molar-refractivity contribution in [3.8, 4) is 0 Å². The third kappa shape index (κ3) is 2.49. The molecule has 1 saturated heterocycles.